The van der Waals surface area contributed by atoms with Gasteiger partial charge in [-0.2, -0.15) is 0 Å². The molecule has 0 aliphatic carbocycles. The normalized spacial score (nSPS) is 15.6. The molecule has 96 valence electrons. The molecule has 0 saturated heterocycles. The van der Waals surface area contributed by atoms with Gasteiger partial charge in [0.25, 0.3) is 0 Å². The van der Waals surface area contributed by atoms with E-state index in [0.29, 0.717) is 0 Å². The van der Waals surface area contributed by atoms with Crippen molar-refractivity contribution in [3.05, 3.63) is 33.0 Å². The Morgan fingerprint density at radius 3 is 3.33 bits per heavy atom. The molecule has 1 aliphatic heterocycles. The number of thiophene rings is 1. The van der Waals surface area contributed by atoms with Crippen LogP contribution in [0.2, 0.25) is 0 Å². The fraction of sp³-hybridized carbons (Fsp3) is 0.462. The second-order valence-electron chi connectivity index (χ2n) is 4.49. The molecule has 2 aromatic heterocycles. The maximum atomic E-state index is 4.39. The largest absolute Gasteiger partial charge is 0.362 e. The lowest BCUT2D eigenvalue weighted by molar-refractivity contribution is 0.249. The van der Waals surface area contributed by atoms with Crippen molar-refractivity contribution in [2.24, 2.45) is 0 Å². The van der Waals surface area contributed by atoms with Crippen molar-refractivity contribution in [2.75, 3.05) is 18.4 Å². The Labute approximate surface area is 115 Å². The van der Waals surface area contributed by atoms with E-state index in [1.165, 1.54) is 23.4 Å². The summed E-state index contributed by atoms with van der Waals surface area (Å²) in [6.45, 7) is 6.33. The molecular formula is C13H17N3S2. The minimum Gasteiger partial charge on any atom is -0.362 e. The quantitative estimate of drug-likeness (QED) is 0.931. The van der Waals surface area contributed by atoms with Gasteiger partial charge in [0.1, 0.15) is 0 Å². The third kappa shape index (κ3) is 2.58. The highest BCUT2D eigenvalue weighted by Gasteiger charge is 2.17. The van der Waals surface area contributed by atoms with Crippen LogP contribution in [0.1, 0.15) is 22.2 Å². The molecule has 0 saturated carbocycles. The van der Waals surface area contributed by atoms with Gasteiger partial charge in [-0.15, -0.1) is 22.7 Å². The lowest BCUT2D eigenvalue weighted by Gasteiger charge is -2.25. The maximum Gasteiger partial charge on any atom is 0.182 e. The summed E-state index contributed by atoms with van der Waals surface area (Å²) in [6.07, 6.45) is 3.21. The third-order valence-corrected chi connectivity index (χ3v) is 5.11. The molecule has 0 amide bonds. The summed E-state index contributed by atoms with van der Waals surface area (Å²) in [6, 6.07) is 2.27. The monoisotopic (exact) mass is 279 g/mol. The number of rotatable bonds is 4. The fourth-order valence-electron chi connectivity index (χ4n) is 2.28. The van der Waals surface area contributed by atoms with Crippen molar-refractivity contribution in [3.8, 4) is 0 Å². The first-order valence-electron chi connectivity index (χ1n) is 6.31. The Hall–Kier alpha value is -0.910. The Morgan fingerprint density at radius 2 is 2.44 bits per heavy atom. The molecule has 0 atom stereocenters. The smallest absolute Gasteiger partial charge is 0.182 e. The van der Waals surface area contributed by atoms with Gasteiger partial charge in [-0.05, 0) is 30.4 Å². The lowest BCUT2D eigenvalue weighted by Crippen LogP contribution is -2.28. The van der Waals surface area contributed by atoms with Gasteiger partial charge in [0.05, 0.1) is 0 Å². The highest BCUT2D eigenvalue weighted by atomic mass is 32.1. The standard InChI is InChI=1S/C13H17N3S2/c1-2-14-13-15-7-11(18-13)9-16-5-3-12-10(8-16)4-6-17-12/h4,6-7H,2-3,5,8-9H2,1H3,(H,14,15). The summed E-state index contributed by atoms with van der Waals surface area (Å²) in [7, 11) is 0. The average molecular weight is 279 g/mol. The van der Waals surface area contributed by atoms with Gasteiger partial charge in [0, 0.05) is 42.1 Å². The molecule has 3 heterocycles. The number of aromatic nitrogens is 1. The molecule has 3 nitrogen and oxygen atoms in total. The topological polar surface area (TPSA) is 28.2 Å². The number of thiazole rings is 1. The number of anilines is 1. The van der Waals surface area contributed by atoms with Crippen LogP contribution in [0.25, 0.3) is 0 Å². The van der Waals surface area contributed by atoms with Crippen LogP contribution in [0, 0.1) is 0 Å². The van der Waals surface area contributed by atoms with E-state index in [1.54, 1.807) is 16.2 Å². The Balaban J connectivity index is 1.63. The summed E-state index contributed by atoms with van der Waals surface area (Å²) < 4.78 is 0. The molecule has 0 aromatic carbocycles. The molecule has 2 aromatic rings. The second-order valence-corrected chi connectivity index (χ2v) is 6.61. The molecule has 0 bridgehead atoms. The number of nitrogens with one attached hydrogen (secondary N) is 1. The zero-order chi connectivity index (χ0) is 12.4. The van der Waals surface area contributed by atoms with Gasteiger partial charge in [-0.3, -0.25) is 4.90 Å². The van der Waals surface area contributed by atoms with Crippen molar-refractivity contribution in [2.45, 2.75) is 26.4 Å². The Morgan fingerprint density at radius 1 is 1.50 bits per heavy atom. The van der Waals surface area contributed by atoms with Gasteiger partial charge in [-0.25, -0.2) is 4.98 Å². The van der Waals surface area contributed by atoms with E-state index in [1.807, 2.05) is 17.5 Å². The van der Waals surface area contributed by atoms with Crippen LogP contribution >= 0.6 is 22.7 Å². The Bertz CT molecular complexity index is 518. The van der Waals surface area contributed by atoms with E-state index >= 15 is 0 Å². The molecule has 0 spiro atoms. The molecular weight excluding hydrogens is 262 g/mol. The molecule has 5 heteroatoms. The van der Waals surface area contributed by atoms with Crippen LogP contribution in [0.5, 0.6) is 0 Å². The fourth-order valence-corrected chi connectivity index (χ4v) is 4.09. The van der Waals surface area contributed by atoms with Crippen molar-refractivity contribution < 1.29 is 0 Å². The van der Waals surface area contributed by atoms with E-state index in [9.17, 15) is 0 Å². The number of hydrogen-bond donors (Lipinski definition) is 1. The van der Waals surface area contributed by atoms with Crippen LogP contribution < -0.4 is 5.32 Å². The molecule has 0 unspecified atom stereocenters. The average Bonchev–Trinajstić information content (AvgIpc) is 2.98. The summed E-state index contributed by atoms with van der Waals surface area (Å²) in [5.74, 6) is 0. The van der Waals surface area contributed by atoms with Crippen LogP contribution in [0.4, 0.5) is 5.13 Å². The van der Waals surface area contributed by atoms with Gasteiger partial charge < -0.3 is 5.32 Å². The minimum absolute atomic E-state index is 0.939. The first-order chi connectivity index (χ1) is 8.85. The zero-order valence-corrected chi connectivity index (χ0v) is 12.1. The minimum atomic E-state index is 0.939. The maximum absolute atomic E-state index is 4.39. The summed E-state index contributed by atoms with van der Waals surface area (Å²) >= 11 is 3.67. The van der Waals surface area contributed by atoms with Crippen LogP contribution in [0.15, 0.2) is 17.6 Å². The van der Waals surface area contributed by atoms with E-state index in [0.717, 1.165) is 24.8 Å². The number of hydrogen-bond acceptors (Lipinski definition) is 5. The molecule has 1 N–H and O–H groups in total. The van der Waals surface area contributed by atoms with Gasteiger partial charge in [0.2, 0.25) is 0 Å². The van der Waals surface area contributed by atoms with E-state index in [-0.39, 0.29) is 0 Å². The van der Waals surface area contributed by atoms with Crippen LogP contribution in [0.3, 0.4) is 0 Å². The predicted molar refractivity (Wildman–Crippen MR) is 78.4 cm³/mol. The molecule has 3 rings (SSSR count). The first-order valence-corrected chi connectivity index (χ1v) is 8.01. The van der Waals surface area contributed by atoms with Crippen molar-refractivity contribution >= 4 is 27.8 Å². The van der Waals surface area contributed by atoms with Crippen molar-refractivity contribution in [1.29, 1.82) is 0 Å². The van der Waals surface area contributed by atoms with Gasteiger partial charge in [0.15, 0.2) is 5.13 Å². The highest BCUT2D eigenvalue weighted by Crippen LogP contribution is 2.26. The SMILES string of the molecule is CCNc1ncc(CN2CCc3sccc3C2)s1. The third-order valence-electron chi connectivity index (χ3n) is 3.15. The van der Waals surface area contributed by atoms with E-state index in [4.69, 9.17) is 0 Å². The van der Waals surface area contributed by atoms with Crippen LogP contribution in [-0.4, -0.2) is 23.0 Å². The van der Waals surface area contributed by atoms with E-state index in [2.05, 4.69) is 33.6 Å². The van der Waals surface area contributed by atoms with E-state index < -0.39 is 0 Å². The van der Waals surface area contributed by atoms with Gasteiger partial charge in [-0.1, -0.05) is 0 Å². The number of nitrogens with zero attached hydrogens (tertiary/aromatic N) is 2. The zero-order valence-electron chi connectivity index (χ0n) is 10.5. The first kappa shape index (κ1) is 12.1. The molecule has 18 heavy (non-hydrogen) atoms. The molecule has 0 fully saturated rings. The summed E-state index contributed by atoms with van der Waals surface area (Å²) in [5, 5.41) is 6.52. The lowest BCUT2D eigenvalue weighted by atomic mass is 10.1. The summed E-state index contributed by atoms with van der Waals surface area (Å²) in [5.41, 5.74) is 1.52. The predicted octanol–water partition coefficient (Wildman–Crippen LogP) is 3.19. The highest BCUT2D eigenvalue weighted by molar-refractivity contribution is 7.15. The van der Waals surface area contributed by atoms with Crippen molar-refractivity contribution in [3.63, 3.8) is 0 Å². The Kier molecular flexibility index (Phi) is 3.63. The summed E-state index contributed by atoms with van der Waals surface area (Å²) in [4.78, 5) is 9.83. The molecule has 1 aliphatic rings. The van der Waals surface area contributed by atoms with Crippen LogP contribution in [-0.2, 0) is 19.5 Å². The molecule has 0 radical (unpaired) electrons. The number of fused-ring (bicyclic) bond motifs is 1. The second kappa shape index (κ2) is 5.38. The van der Waals surface area contributed by atoms with Gasteiger partial charge >= 0.3 is 0 Å². The van der Waals surface area contributed by atoms with Crippen molar-refractivity contribution in [1.82, 2.24) is 9.88 Å².